The largest absolute Gasteiger partial charge is 0.466 e. The third kappa shape index (κ3) is 13.7. The number of hydrogen-bond acceptors (Lipinski definition) is 4. The molecule has 0 unspecified atom stereocenters. The van der Waals surface area contributed by atoms with Gasteiger partial charge in [-0.2, -0.15) is 12.6 Å². The van der Waals surface area contributed by atoms with Gasteiger partial charge in [-0.05, 0) is 31.4 Å². The fourth-order valence-electron chi connectivity index (χ4n) is 1.52. The summed E-state index contributed by atoms with van der Waals surface area (Å²) in [7, 11) is 1.68. The van der Waals surface area contributed by atoms with Crippen molar-refractivity contribution in [3.8, 4) is 0 Å². The fraction of sp³-hybridized carbons (Fsp3) is 0.923. The zero-order chi connectivity index (χ0) is 12.8. The van der Waals surface area contributed by atoms with Gasteiger partial charge in [0.25, 0.3) is 0 Å². The van der Waals surface area contributed by atoms with Gasteiger partial charge in [-0.1, -0.05) is 19.3 Å². The summed E-state index contributed by atoms with van der Waals surface area (Å²) in [5.41, 5.74) is 0. The van der Waals surface area contributed by atoms with E-state index in [0.717, 1.165) is 38.0 Å². The van der Waals surface area contributed by atoms with Crippen molar-refractivity contribution in [2.24, 2.45) is 0 Å². The van der Waals surface area contributed by atoms with Gasteiger partial charge in [0.2, 0.25) is 0 Å². The van der Waals surface area contributed by atoms with Crippen LogP contribution in [-0.2, 0) is 14.3 Å². The van der Waals surface area contributed by atoms with Crippen LogP contribution in [0.1, 0.15) is 51.4 Å². The zero-order valence-electron chi connectivity index (χ0n) is 11.0. The van der Waals surface area contributed by atoms with Crippen molar-refractivity contribution >= 4 is 18.6 Å². The van der Waals surface area contributed by atoms with Gasteiger partial charge in [0.15, 0.2) is 0 Å². The molecule has 0 N–H and O–H groups in total. The molecule has 0 heterocycles. The summed E-state index contributed by atoms with van der Waals surface area (Å²) in [6, 6.07) is 0. The topological polar surface area (TPSA) is 35.5 Å². The van der Waals surface area contributed by atoms with Gasteiger partial charge in [0.05, 0.1) is 6.61 Å². The molecule has 0 fully saturated rings. The van der Waals surface area contributed by atoms with E-state index in [1.54, 1.807) is 7.11 Å². The highest BCUT2D eigenvalue weighted by Gasteiger charge is 2.01. The minimum absolute atomic E-state index is 0.0587. The maximum Gasteiger partial charge on any atom is 0.305 e. The number of methoxy groups -OCH3 is 1. The molecule has 0 aliphatic heterocycles. The van der Waals surface area contributed by atoms with Crippen molar-refractivity contribution in [2.45, 2.75) is 51.4 Å². The predicted octanol–water partition coefficient (Wildman–Crippen LogP) is 3.23. The predicted molar refractivity (Wildman–Crippen MR) is 73.6 cm³/mol. The van der Waals surface area contributed by atoms with E-state index < -0.39 is 0 Å². The van der Waals surface area contributed by atoms with Gasteiger partial charge >= 0.3 is 5.97 Å². The van der Waals surface area contributed by atoms with Crippen molar-refractivity contribution in [2.75, 3.05) is 26.1 Å². The van der Waals surface area contributed by atoms with Crippen LogP contribution in [0, 0.1) is 0 Å². The van der Waals surface area contributed by atoms with Gasteiger partial charge in [0.1, 0.15) is 0 Å². The molecule has 0 bridgehead atoms. The lowest BCUT2D eigenvalue weighted by atomic mass is 10.1. The Morgan fingerprint density at radius 2 is 1.59 bits per heavy atom. The quantitative estimate of drug-likeness (QED) is 0.333. The summed E-state index contributed by atoms with van der Waals surface area (Å²) in [5, 5.41) is 0. The third-order valence-corrected chi connectivity index (χ3v) is 2.86. The molecule has 0 saturated carbocycles. The first-order chi connectivity index (χ1) is 8.31. The highest BCUT2D eigenvalue weighted by Crippen LogP contribution is 2.06. The molecule has 0 aliphatic rings. The minimum Gasteiger partial charge on any atom is -0.466 e. The number of rotatable bonds is 12. The maximum atomic E-state index is 11.3. The molecular formula is C13H26O3S. The van der Waals surface area contributed by atoms with E-state index in [4.69, 9.17) is 9.47 Å². The van der Waals surface area contributed by atoms with Crippen LogP contribution in [0.3, 0.4) is 0 Å². The lowest BCUT2D eigenvalue weighted by molar-refractivity contribution is -0.143. The van der Waals surface area contributed by atoms with E-state index in [9.17, 15) is 4.79 Å². The van der Waals surface area contributed by atoms with E-state index >= 15 is 0 Å². The molecule has 0 rings (SSSR count). The minimum atomic E-state index is -0.0587. The van der Waals surface area contributed by atoms with E-state index in [0.29, 0.717) is 13.0 Å². The SMILES string of the molecule is COCCCCOC(=O)CCCCCCCS. The first-order valence-electron chi connectivity index (χ1n) is 6.56. The van der Waals surface area contributed by atoms with Gasteiger partial charge < -0.3 is 9.47 Å². The van der Waals surface area contributed by atoms with E-state index in [2.05, 4.69) is 12.6 Å². The zero-order valence-corrected chi connectivity index (χ0v) is 11.8. The standard InChI is InChI=1S/C13H26O3S/c1-15-10-6-7-11-16-13(14)9-5-3-2-4-8-12-17/h17H,2-12H2,1H3. The third-order valence-electron chi connectivity index (χ3n) is 2.54. The second kappa shape index (κ2) is 13.8. The number of carbonyl (C=O) groups excluding carboxylic acids is 1. The fourth-order valence-corrected chi connectivity index (χ4v) is 1.74. The molecular weight excluding hydrogens is 236 g/mol. The first-order valence-corrected chi connectivity index (χ1v) is 7.20. The molecule has 0 radical (unpaired) electrons. The van der Waals surface area contributed by atoms with Gasteiger partial charge in [-0.25, -0.2) is 0 Å². The molecule has 3 nitrogen and oxygen atoms in total. The Morgan fingerprint density at radius 1 is 0.941 bits per heavy atom. The normalized spacial score (nSPS) is 10.5. The molecule has 0 saturated heterocycles. The highest BCUT2D eigenvalue weighted by molar-refractivity contribution is 7.80. The number of thiol groups is 1. The Hall–Kier alpha value is -0.220. The van der Waals surface area contributed by atoms with Gasteiger partial charge in [0, 0.05) is 20.1 Å². The molecule has 0 aromatic heterocycles. The van der Waals surface area contributed by atoms with Crippen molar-refractivity contribution in [3.63, 3.8) is 0 Å². The molecule has 0 spiro atoms. The Morgan fingerprint density at radius 3 is 2.29 bits per heavy atom. The smallest absolute Gasteiger partial charge is 0.305 e. The Labute approximate surface area is 111 Å². The summed E-state index contributed by atoms with van der Waals surface area (Å²) in [6.07, 6.45) is 8.06. The summed E-state index contributed by atoms with van der Waals surface area (Å²) in [4.78, 5) is 11.3. The van der Waals surface area contributed by atoms with Crippen molar-refractivity contribution in [1.82, 2.24) is 0 Å². The van der Waals surface area contributed by atoms with Crippen LogP contribution in [0.5, 0.6) is 0 Å². The monoisotopic (exact) mass is 262 g/mol. The van der Waals surface area contributed by atoms with Crippen LogP contribution in [-0.4, -0.2) is 32.0 Å². The molecule has 0 aliphatic carbocycles. The Balaban J connectivity index is 3.12. The molecule has 0 aromatic carbocycles. The van der Waals surface area contributed by atoms with Crippen molar-refractivity contribution in [1.29, 1.82) is 0 Å². The maximum absolute atomic E-state index is 11.3. The number of esters is 1. The van der Waals surface area contributed by atoms with Crippen molar-refractivity contribution < 1.29 is 14.3 Å². The lowest BCUT2D eigenvalue weighted by Gasteiger charge is -2.04. The average molecular weight is 262 g/mol. The highest BCUT2D eigenvalue weighted by atomic mass is 32.1. The Kier molecular flexibility index (Phi) is 13.7. The van der Waals surface area contributed by atoms with E-state index in [-0.39, 0.29) is 5.97 Å². The van der Waals surface area contributed by atoms with Crippen LogP contribution in [0.25, 0.3) is 0 Å². The van der Waals surface area contributed by atoms with Crippen LogP contribution in [0.4, 0.5) is 0 Å². The first kappa shape index (κ1) is 16.8. The van der Waals surface area contributed by atoms with Crippen LogP contribution in [0.2, 0.25) is 0 Å². The summed E-state index contributed by atoms with van der Waals surface area (Å²) < 4.78 is 10.0. The Bertz CT molecular complexity index is 174. The van der Waals surface area contributed by atoms with Crippen LogP contribution < -0.4 is 0 Å². The molecule has 102 valence electrons. The molecule has 0 atom stereocenters. The van der Waals surface area contributed by atoms with Gasteiger partial charge in [-0.15, -0.1) is 0 Å². The van der Waals surface area contributed by atoms with E-state index in [1.807, 2.05) is 0 Å². The molecule has 0 amide bonds. The summed E-state index contributed by atoms with van der Waals surface area (Å²) >= 11 is 4.16. The van der Waals surface area contributed by atoms with Crippen LogP contribution in [0.15, 0.2) is 0 Å². The molecule has 4 heteroatoms. The summed E-state index contributed by atoms with van der Waals surface area (Å²) in [5.74, 6) is 0.903. The number of carbonyl (C=O) groups is 1. The molecule has 0 aromatic rings. The van der Waals surface area contributed by atoms with E-state index in [1.165, 1.54) is 19.3 Å². The number of hydrogen-bond donors (Lipinski definition) is 1. The number of ether oxygens (including phenoxy) is 2. The van der Waals surface area contributed by atoms with Crippen LogP contribution >= 0.6 is 12.6 Å². The lowest BCUT2D eigenvalue weighted by Crippen LogP contribution is -2.06. The molecule has 17 heavy (non-hydrogen) atoms. The second-order valence-corrected chi connectivity index (χ2v) is 4.61. The second-order valence-electron chi connectivity index (χ2n) is 4.16. The van der Waals surface area contributed by atoms with Gasteiger partial charge in [-0.3, -0.25) is 4.79 Å². The number of unbranched alkanes of at least 4 members (excludes halogenated alkanes) is 5. The van der Waals surface area contributed by atoms with Crippen molar-refractivity contribution in [3.05, 3.63) is 0 Å². The average Bonchev–Trinajstić information content (AvgIpc) is 2.33. The summed E-state index contributed by atoms with van der Waals surface area (Å²) in [6.45, 7) is 1.27.